The van der Waals surface area contributed by atoms with Gasteiger partial charge in [-0.1, -0.05) is 67.6 Å². The van der Waals surface area contributed by atoms with E-state index in [1.165, 1.54) is 0 Å². The van der Waals surface area contributed by atoms with E-state index in [1.54, 1.807) is 4.90 Å². The lowest BCUT2D eigenvalue weighted by Crippen LogP contribution is -2.42. The topological polar surface area (TPSA) is 60.5 Å². The molecule has 6 heteroatoms. The summed E-state index contributed by atoms with van der Waals surface area (Å²) >= 11 is 0. The smallest absolute Gasteiger partial charge is 0.412 e. The van der Waals surface area contributed by atoms with Crippen LogP contribution in [0.2, 0.25) is 0 Å². The summed E-state index contributed by atoms with van der Waals surface area (Å²) in [6.45, 7) is 5.83. The molecule has 6 nitrogen and oxygen atoms in total. The van der Waals surface area contributed by atoms with E-state index in [-0.39, 0.29) is 30.3 Å². The number of amides is 1. The van der Waals surface area contributed by atoms with E-state index in [4.69, 9.17) is 18.9 Å². The molecule has 0 bridgehead atoms. The van der Waals surface area contributed by atoms with Crippen LogP contribution in [0.4, 0.5) is 4.79 Å². The maximum absolute atomic E-state index is 12.7. The van der Waals surface area contributed by atoms with E-state index >= 15 is 0 Å². The lowest BCUT2D eigenvalue weighted by Gasteiger charge is -2.27. The van der Waals surface area contributed by atoms with Crippen LogP contribution in [0.1, 0.15) is 31.0 Å². The highest BCUT2D eigenvalue weighted by Gasteiger charge is 2.56. The fourth-order valence-electron chi connectivity index (χ4n) is 4.00. The Morgan fingerprint density at radius 2 is 1.83 bits per heavy atom. The second-order valence-electron chi connectivity index (χ2n) is 7.80. The molecular formula is C24H29NO5. The van der Waals surface area contributed by atoms with Crippen molar-refractivity contribution in [2.24, 2.45) is 5.92 Å². The van der Waals surface area contributed by atoms with Gasteiger partial charge in [0.05, 0.1) is 38.6 Å². The Morgan fingerprint density at radius 3 is 2.53 bits per heavy atom. The van der Waals surface area contributed by atoms with Gasteiger partial charge in [-0.3, -0.25) is 4.90 Å². The van der Waals surface area contributed by atoms with Crippen LogP contribution in [0.25, 0.3) is 0 Å². The number of benzene rings is 2. The SMILES string of the molecule is CCOC(=O)N1[C@@H]([C@@H]2O[C@H]2[C@H](C)COCc2ccccc2)OC[C@H]1c1ccccc1. The molecule has 1 amide bonds. The molecule has 0 aromatic heterocycles. The van der Waals surface area contributed by atoms with E-state index in [2.05, 4.69) is 19.1 Å². The molecule has 2 saturated heterocycles. The van der Waals surface area contributed by atoms with Crippen LogP contribution in [0.5, 0.6) is 0 Å². The van der Waals surface area contributed by atoms with Gasteiger partial charge in [0.25, 0.3) is 0 Å². The van der Waals surface area contributed by atoms with E-state index in [0.717, 1.165) is 11.1 Å². The third kappa shape index (κ3) is 4.67. The third-order valence-electron chi connectivity index (χ3n) is 5.59. The Hall–Kier alpha value is -2.41. The van der Waals surface area contributed by atoms with E-state index < -0.39 is 6.23 Å². The quantitative estimate of drug-likeness (QED) is 0.611. The zero-order valence-electron chi connectivity index (χ0n) is 17.5. The number of rotatable bonds is 8. The van der Waals surface area contributed by atoms with Gasteiger partial charge in [-0.2, -0.15) is 0 Å². The van der Waals surface area contributed by atoms with Crippen molar-refractivity contribution in [3.63, 3.8) is 0 Å². The number of epoxide rings is 1. The van der Waals surface area contributed by atoms with Gasteiger partial charge in [-0.25, -0.2) is 4.79 Å². The standard InChI is InChI=1S/C24H29NO5/c1-3-28-24(26)25-20(19-12-8-5-9-13-19)16-29-23(25)22-21(30-22)17(2)14-27-15-18-10-6-4-7-11-18/h4-13,17,20-23H,3,14-16H2,1-2H3/t17-,20+,21+,22-,23-/m1/s1. The van der Waals surface area contributed by atoms with Gasteiger partial charge in [0.15, 0.2) is 6.23 Å². The molecular weight excluding hydrogens is 382 g/mol. The first-order valence-electron chi connectivity index (χ1n) is 10.6. The highest BCUT2D eigenvalue weighted by Crippen LogP contribution is 2.41. The van der Waals surface area contributed by atoms with Gasteiger partial charge in [0, 0.05) is 5.92 Å². The molecule has 2 heterocycles. The minimum absolute atomic E-state index is 0.00257. The highest BCUT2D eigenvalue weighted by atomic mass is 16.6. The summed E-state index contributed by atoms with van der Waals surface area (Å²) < 4.78 is 23.2. The van der Waals surface area contributed by atoms with Crippen molar-refractivity contribution in [2.45, 2.75) is 44.9 Å². The molecule has 2 aliphatic heterocycles. The van der Waals surface area contributed by atoms with Gasteiger partial charge in [-0.05, 0) is 18.1 Å². The lowest BCUT2D eigenvalue weighted by atomic mass is 10.0. The Kier molecular flexibility index (Phi) is 6.67. The van der Waals surface area contributed by atoms with Crippen molar-refractivity contribution in [3.05, 3.63) is 71.8 Å². The second kappa shape index (κ2) is 9.60. The summed E-state index contributed by atoms with van der Waals surface area (Å²) in [5, 5.41) is 0. The molecule has 5 atom stereocenters. The number of hydrogen-bond donors (Lipinski definition) is 0. The van der Waals surface area contributed by atoms with Crippen molar-refractivity contribution in [1.29, 1.82) is 0 Å². The third-order valence-corrected chi connectivity index (χ3v) is 5.59. The lowest BCUT2D eigenvalue weighted by molar-refractivity contribution is 0.00513. The van der Waals surface area contributed by atoms with Crippen molar-refractivity contribution in [1.82, 2.24) is 4.90 Å². The van der Waals surface area contributed by atoms with Crippen molar-refractivity contribution in [3.8, 4) is 0 Å². The van der Waals surface area contributed by atoms with Crippen LogP contribution in [-0.2, 0) is 25.6 Å². The molecule has 0 spiro atoms. The Bertz CT molecular complexity index is 815. The van der Waals surface area contributed by atoms with Crippen LogP contribution in [0, 0.1) is 5.92 Å². The molecule has 30 heavy (non-hydrogen) atoms. The summed E-state index contributed by atoms with van der Waals surface area (Å²) in [6.07, 6.45) is -0.984. The molecule has 4 rings (SSSR count). The minimum Gasteiger partial charge on any atom is -0.450 e. The summed E-state index contributed by atoms with van der Waals surface area (Å²) in [6, 6.07) is 19.8. The Labute approximate surface area is 177 Å². The van der Waals surface area contributed by atoms with Crippen LogP contribution in [-0.4, -0.2) is 49.2 Å². The van der Waals surface area contributed by atoms with Crippen LogP contribution >= 0.6 is 0 Å². The van der Waals surface area contributed by atoms with Crippen LogP contribution in [0.3, 0.4) is 0 Å². The van der Waals surface area contributed by atoms with Gasteiger partial charge in [0.2, 0.25) is 0 Å². The Morgan fingerprint density at radius 1 is 1.13 bits per heavy atom. The number of carbonyl (C=O) groups excluding carboxylic acids is 1. The molecule has 2 aromatic carbocycles. The first-order valence-corrected chi connectivity index (χ1v) is 10.6. The van der Waals surface area contributed by atoms with Gasteiger partial charge in [-0.15, -0.1) is 0 Å². The van der Waals surface area contributed by atoms with Gasteiger partial charge < -0.3 is 18.9 Å². The van der Waals surface area contributed by atoms with E-state index in [0.29, 0.717) is 26.4 Å². The predicted molar refractivity (Wildman–Crippen MR) is 112 cm³/mol. The molecule has 160 valence electrons. The molecule has 2 aromatic rings. The second-order valence-corrected chi connectivity index (χ2v) is 7.80. The molecule has 0 unspecified atom stereocenters. The van der Waals surface area contributed by atoms with Crippen molar-refractivity contribution < 1.29 is 23.7 Å². The number of hydrogen-bond acceptors (Lipinski definition) is 5. The summed E-state index contributed by atoms with van der Waals surface area (Å²) in [7, 11) is 0. The maximum atomic E-state index is 12.7. The molecule has 2 aliphatic rings. The minimum atomic E-state index is -0.448. The van der Waals surface area contributed by atoms with Gasteiger partial charge in [0.1, 0.15) is 6.10 Å². The number of ether oxygens (including phenoxy) is 4. The first kappa shape index (κ1) is 20.8. The van der Waals surface area contributed by atoms with Crippen LogP contribution < -0.4 is 0 Å². The van der Waals surface area contributed by atoms with E-state index in [1.807, 2.05) is 55.5 Å². The fraction of sp³-hybridized carbons (Fsp3) is 0.458. The maximum Gasteiger partial charge on any atom is 0.412 e. The summed E-state index contributed by atoms with van der Waals surface area (Å²) in [5.41, 5.74) is 2.18. The predicted octanol–water partition coefficient (Wildman–Crippen LogP) is 4.16. The highest BCUT2D eigenvalue weighted by molar-refractivity contribution is 5.69. The molecule has 2 fully saturated rings. The average molecular weight is 411 g/mol. The molecule has 0 aliphatic carbocycles. The Balaban J connectivity index is 1.36. The average Bonchev–Trinajstić information content (AvgIpc) is 3.45. The zero-order chi connectivity index (χ0) is 20.9. The molecule has 0 saturated carbocycles. The number of nitrogens with zero attached hydrogens (tertiary/aromatic N) is 1. The van der Waals surface area contributed by atoms with Crippen molar-refractivity contribution >= 4 is 6.09 Å². The zero-order valence-corrected chi connectivity index (χ0v) is 17.5. The first-order chi connectivity index (χ1) is 14.7. The van der Waals surface area contributed by atoms with Crippen LogP contribution in [0.15, 0.2) is 60.7 Å². The van der Waals surface area contributed by atoms with Gasteiger partial charge >= 0.3 is 6.09 Å². The number of carbonyl (C=O) groups is 1. The largest absolute Gasteiger partial charge is 0.450 e. The molecule has 0 N–H and O–H groups in total. The summed E-state index contributed by atoms with van der Waals surface area (Å²) in [4.78, 5) is 14.4. The monoisotopic (exact) mass is 411 g/mol. The van der Waals surface area contributed by atoms with Crippen molar-refractivity contribution in [2.75, 3.05) is 19.8 Å². The normalized spacial score (nSPS) is 26.4. The molecule has 0 radical (unpaired) electrons. The van der Waals surface area contributed by atoms with E-state index in [9.17, 15) is 4.79 Å². The fourth-order valence-corrected chi connectivity index (χ4v) is 4.00. The summed E-state index contributed by atoms with van der Waals surface area (Å²) in [5.74, 6) is 0.196.